The molecular formula is C13H17NO5. The molecule has 1 fully saturated rings. The molecule has 1 atom stereocenters. The Bertz CT molecular complexity index is 525. The summed E-state index contributed by atoms with van der Waals surface area (Å²) in [5.74, 6) is -0.352. The van der Waals surface area contributed by atoms with Crippen LogP contribution in [0.4, 0.5) is 0 Å². The quantitative estimate of drug-likeness (QED) is 0.858. The lowest BCUT2D eigenvalue weighted by Crippen LogP contribution is -2.55. The number of carbonyl (C=O) groups excluding carboxylic acids is 1. The number of hydrogen-bond acceptors (Lipinski definition) is 4. The minimum atomic E-state index is -1.33. The third kappa shape index (κ3) is 2.23. The van der Waals surface area contributed by atoms with Gasteiger partial charge in [0.15, 0.2) is 5.54 Å². The first-order chi connectivity index (χ1) is 8.87. The molecule has 1 aliphatic rings. The van der Waals surface area contributed by atoms with Crippen LogP contribution >= 0.6 is 0 Å². The summed E-state index contributed by atoms with van der Waals surface area (Å²) in [6.07, 6.45) is 0.267. The number of aryl methyl sites for hydroxylation is 2. The summed E-state index contributed by atoms with van der Waals surface area (Å²) in [5.41, 5.74) is -0.194. The van der Waals surface area contributed by atoms with Crippen molar-refractivity contribution in [3.63, 3.8) is 0 Å². The van der Waals surface area contributed by atoms with Crippen LogP contribution in [0.5, 0.6) is 0 Å². The van der Waals surface area contributed by atoms with E-state index in [2.05, 4.69) is 5.32 Å². The van der Waals surface area contributed by atoms with Crippen LogP contribution in [0, 0.1) is 20.8 Å². The van der Waals surface area contributed by atoms with Gasteiger partial charge in [-0.3, -0.25) is 4.79 Å². The smallest absolute Gasteiger partial charge is 0.331 e. The molecule has 1 unspecified atom stereocenters. The predicted molar refractivity (Wildman–Crippen MR) is 66.2 cm³/mol. The first kappa shape index (κ1) is 13.6. The predicted octanol–water partition coefficient (Wildman–Crippen LogP) is 1.18. The average Bonchev–Trinajstić information content (AvgIpc) is 2.86. The van der Waals surface area contributed by atoms with E-state index in [1.807, 2.05) is 0 Å². The lowest BCUT2D eigenvalue weighted by molar-refractivity contribution is -0.144. The van der Waals surface area contributed by atoms with Crippen LogP contribution in [0.25, 0.3) is 0 Å². The van der Waals surface area contributed by atoms with Crippen LogP contribution in [0.1, 0.15) is 33.9 Å². The molecule has 0 bridgehead atoms. The van der Waals surface area contributed by atoms with Crippen molar-refractivity contribution in [1.29, 1.82) is 0 Å². The van der Waals surface area contributed by atoms with Gasteiger partial charge in [-0.05, 0) is 20.8 Å². The van der Waals surface area contributed by atoms with E-state index in [4.69, 9.17) is 9.15 Å². The number of aliphatic carboxylic acids is 1. The van der Waals surface area contributed by atoms with Crippen molar-refractivity contribution in [2.75, 3.05) is 13.2 Å². The molecule has 0 aliphatic carbocycles. The molecule has 1 amide bonds. The SMILES string of the molecule is Cc1oc(C)c(C(=O)NC2(C(=O)O)CCOC2)c1C. The molecular weight excluding hydrogens is 250 g/mol. The van der Waals surface area contributed by atoms with Crippen LogP contribution in [-0.4, -0.2) is 35.7 Å². The van der Waals surface area contributed by atoms with E-state index in [1.54, 1.807) is 20.8 Å². The minimum absolute atomic E-state index is 0.0109. The van der Waals surface area contributed by atoms with E-state index >= 15 is 0 Å². The number of ether oxygens (including phenoxy) is 1. The van der Waals surface area contributed by atoms with E-state index in [0.29, 0.717) is 23.7 Å². The summed E-state index contributed by atoms with van der Waals surface area (Å²) >= 11 is 0. The minimum Gasteiger partial charge on any atom is -0.479 e. The Hall–Kier alpha value is -1.82. The zero-order valence-electron chi connectivity index (χ0n) is 11.2. The van der Waals surface area contributed by atoms with Crippen molar-refractivity contribution in [3.8, 4) is 0 Å². The van der Waals surface area contributed by atoms with Gasteiger partial charge in [-0.1, -0.05) is 0 Å². The van der Waals surface area contributed by atoms with Gasteiger partial charge < -0.3 is 19.6 Å². The molecule has 19 heavy (non-hydrogen) atoms. The number of carbonyl (C=O) groups is 2. The third-order valence-corrected chi connectivity index (χ3v) is 3.57. The molecule has 104 valence electrons. The zero-order chi connectivity index (χ0) is 14.2. The second-order valence-corrected chi connectivity index (χ2v) is 4.86. The van der Waals surface area contributed by atoms with Crippen molar-refractivity contribution in [2.24, 2.45) is 0 Å². The molecule has 2 rings (SSSR count). The van der Waals surface area contributed by atoms with Crippen LogP contribution < -0.4 is 5.32 Å². The van der Waals surface area contributed by atoms with Crippen molar-refractivity contribution < 1.29 is 23.8 Å². The number of rotatable bonds is 3. The molecule has 0 saturated carbocycles. The molecule has 6 nitrogen and oxygen atoms in total. The average molecular weight is 267 g/mol. The Labute approximate surface area is 110 Å². The van der Waals surface area contributed by atoms with Gasteiger partial charge in [-0.2, -0.15) is 0 Å². The maximum Gasteiger partial charge on any atom is 0.331 e. The van der Waals surface area contributed by atoms with E-state index < -0.39 is 17.4 Å². The van der Waals surface area contributed by atoms with Crippen LogP contribution in [0.2, 0.25) is 0 Å². The first-order valence-corrected chi connectivity index (χ1v) is 6.07. The second-order valence-electron chi connectivity index (χ2n) is 4.86. The van der Waals surface area contributed by atoms with E-state index in [9.17, 15) is 14.7 Å². The van der Waals surface area contributed by atoms with Gasteiger partial charge in [-0.25, -0.2) is 4.79 Å². The summed E-state index contributed by atoms with van der Waals surface area (Å²) < 4.78 is 10.5. The number of furan rings is 1. The number of carboxylic acid groups (broad SMARTS) is 1. The number of amides is 1. The van der Waals surface area contributed by atoms with E-state index in [1.165, 1.54) is 0 Å². The van der Waals surface area contributed by atoms with Crippen molar-refractivity contribution in [1.82, 2.24) is 5.32 Å². The highest BCUT2D eigenvalue weighted by Crippen LogP contribution is 2.24. The van der Waals surface area contributed by atoms with Crippen LogP contribution in [0.15, 0.2) is 4.42 Å². The first-order valence-electron chi connectivity index (χ1n) is 6.07. The molecule has 2 heterocycles. The summed E-state index contributed by atoms with van der Waals surface area (Å²) in [4.78, 5) is 23.6. The highest BCUT2D eigenvalue weighted by atomic mass is 16.5. The second kappa shape index (κ2) is 4.70. The van der Waals surface area contributed by atoms with Gasteiger partial charge in [0.25, 0.3) is 5.91 Å². The van der Waals surface area contributed by atoms with Crippen LogP contribution in [-0.2, 0) is 9.53 Å². The lowest BCUT2D eigenvalue weighted by atomic mass is 9.98. The number of hydrogen-bond donors (Lipinski definition) is 2. The van der Waals surface area contributed by atoms with E-state index in [0.717, 1.165) is 5.56 Å². The van der Waals surface area contributed by atoms with Crippen molar-refractivity contribution in [2.45, 2.75) is 32.7 Å². The summed E-state index contributed by atoms with van der Waals surface area (Å²) in [5, 5.41) is 11.9. The monoisotopic (exact) mass is 267 g/mol. The van der Waals surface area contributed by atoms with Crippen LogP contribution in [0.3, 0.4) is 0 Å². The molecule has 0 spiro atoms. The molecule has 0 radical (unpaired) electrons. The van der Waals surface area contributed by atoms with Gasteiger partial charge in [-0.15, -0.1) is 0 Å². The van der Waals surface area contributed by atoms with Gasteiger partial charge in [0, 0.05) is 18.6 Å². The van der Waals surface area contributed by atoms with Gasteiger partial charge >= 0.3 is 5.97 Å². The Morgan fingerprint density at radius 2 is 1.95 bits per heavy atom. The van der Waals surface area contributed by atoms with E-state index in [-0.39, 0.29) is 13.0 Å². The highest BCUT2D eigenvalue weighted by molar-refractivity contribution is 6.00. The van der Waals surface area contributed by atoms with Crippen molar-refractivity contribution >= 4 is 11.9 Å². The molecule has 6 heteroatoms. The highest BCUT2D eigenvalue weighted by Gasteiger charge is 2.44. The standard InChI is InChI=1S/C13H17NO5/c1-7-8(2)19-9(3)10(7)11(15)14-13(12(16)17)4-5-18-6-13/h4-6H2,1-3H3,(H,14,15)(H,16,17). The number of carboxylic acids is 1. The molecule has 1 aromatic rings. The van der Waals surface area contributed by atoms with Crippen molar-refractivity contribution in [3.05, 3.63) is 22.6 Å². The number of nitrogens with one attached hydrogen (secondary N) is 1. The lowest BCUT2D eigenvalue weighted by Gasteiger charge is -2.23. The fraction of sp³-hybridized carbons (Fsp3) is 0.538. The van der Waals surface area contributed by atoms with Gasteiger partial charge in [0.2, 0.25) is 0 Å². The fourth-order valence-corrected chi connectivity index (χ4v) is 2.29. The molecule has 1 aliphatic heterocycles. The van der Waals surface area contributed by atoms with Gasteiger partial charge in [0.05, 0.1) is 12.2 Å². The Morgan fingerprint density at radius 1 is 1.26 bits per heavy atom. The summed E-state index contributed by atoms with van der Waals surface area (Å²) in [7, 11) is 0. The fourth-order valence-electron chi connectivity index (χ4n) is 2.29. The topological polar surface area (TPSA) is 88.8 Å². The Balaban J connectivity index is 2.28. The van der Waals surface area contributed by atoms with Gasteiger partial charge in [0.1, 0.15) is 11.5 Å². The largest absolute Gasteiger partial charge is 0.479 e. The third-order valence-electron chi connectivity index (χ3n) is 3.57. The molecule has 2 N–H and O–H groups in total. The molecule has 0 aromatic carbocycles. The maximum absolute atomic E-state index is 12.3. The Kier molecular flexibility index (Phi) is 3.36. The summed E-state index contributed by atoms with van der Waals surface area (Å²) in [6.45, 7) is 5.55. The Morgan fingerprint density at radius 3 is 2.37 bits per heavy atom. The molecule has 1 aromatic heterocycles. The normalized spacial score (nSPS) is 22.5. The maximum atomic E-state index is 12.3. The summed E-state index contributed by atoms with van der Waals surface area (Å²) in [6, 6.07) is 0. The zero-order valence-corrected chi connectivity index (χ0v) is 11.2. The molecule has 1 saturated heterocycles.